The molecule has 0 saturated carbocycles. The minimum Gasteiger partial charge on any atom is -0.472 e. The maximum atomic E-state index is 13.4. The number of methoxy groups -OCH3 is 1. The summed E-state index contributed by atoms with van der Waals surface area (Å²) in [5.74, 6) is 5.74. The SMILES string of the molecule is COCC(=O)N(C)C[C@@H]1Oc2ncc(C#Cc3ccccc3)cc2C(=O)N([C@H](C)CO)C[C@H]1C. The third-order valence-corrected chi connectivity index (χ3v) is 5.79. The molecule has 0 fully saturated rings. The molecular formula is C26H31N3O5. The number of likely N-dealkylation sites (N-methyl/N-ethyl adjacent to an activating group) is 1. The zero-order valence-electron chi connectivity index (χ0n) is 20.0. The molecule has 2 amide bonds. The third-order valence-electron chi connectivity index (χ3n) is 5.79. The van der Waals surface area contributed by atoms with Crippen molar-refractivity contribution in [1.82, 2.24) is 14.8 Å². The number of aliphatic hydroxyl groups excluding tert-OH is 1. The molecule has 1 aromatic heterocycles. The molecule has 3 rings (SSSR count). The second-order valence-corrected chi connectivity index (χ2v) is 8.52. The van der Waals surface area contributed by atoms with E-state index in [1.807, 2.05) is 37.3 Å². The average Bonchev–Trinajstić information content (AvgIpc) is 2.85. The Bertz CT molecular complexity index is 1060. The summed E-state index contributed by atoms with van der Waals surface area (Å²) in [5.41, 5.74) is 1.71. The molecule has 0 saturated heterocycles. The monoisotopic (exact) mass is 465 g/mol. The molecule has 0 aliphatic carbocycles. The number of carbonyl (C=O) groups excluding carboxylic acids is 2. The van der Waals surface area contributed by atoms with Crippen molar-refractivity contribution in [3.8, 4) is 17.7 Å². The van der Waals surface area contributed by atoms with E-state index in [1.54, 1.807) is 36.0 Å². The van der Waals surface area contributed by atoms with E-state index >= 15 is 0 Å². The summed E-state index contributed by atoms with van der Waals surface area (Å²) < 4.78 is 11.1. The van der Waals surface area contributed by atoms with Gasteiger partial charge in [0.15, 0.2) is 0 Å². The van der Waals surface area contributed by atoms with Crippen molar-refractivity contribution in [2.75, 3.05) is 40.5 Å². The number of aliphatic hydroxyl groups is 1. The highest BCUT2D eigenvalue weighted by Gasteiger charge is 2.34. The highest BCUT2D eigenvalue weighted by Crippen LogP contribution is 2.27. The molecular weight excluding hydrogens is 434 g/mol. The van der Waals surface area contributed by atoms with Crippen LogP contribution < -0.4 is 4.74 Å². The van der Waals surface area contributed by atoms with Gasteiger partial charge in [-0.3, -0.25) is 9.59 Å². The van der Waals surface area contributed by atoms with Crippen LogP contribution in [0.4, 0.5) is 0 Å². The quantitative estimate of drug-likeness (QED) is 0.655. The number of fused-ring (bicyclic) bond motifs is 1. The van der Waals surface area contributed by atoms with Crippen LogP contribution >= 0.6 is 0 Å². The van der Waals surface area contributed by atoms with E-state index < -0.39 is 12.1 Å². The zero-order valence-corrected chi connectivity index (χ0v) is 20.0. The number of benzene rings is 1. The van der Waals surface area contributed by atoms with Gasteiger partial charge in [-0.05, 0) is 25.1 Å². The van der Waals surface area contributed by atoms with E-state index in [2.05, 4.69) is 16.8 Å². The first-order chi connectivity index (χ1) is 16.3. The Balaban J connectivity index is 1.96. The van der Waals surface area contributed by atoms with Crippen LogP contribution in [-0.2, 0) is 9.53 Å². The van der Waals surface area contributed by atoms with E-state index in [4.69, 9.17) is 9.47 Å². The van der Waals surface area contributed by atoms with Crippen LogP contribution in [-0.4, -0.2) is 84.3 Å². The molecule has 0 spiro atoms. The molecule has 3 atom stereocenters. The topological polar surface area (TPSA) is 92.2 Å². The number of hydrogen-bond acceptors (Lipinski definition) is 6. The Morgan fingerprint density at radius 3 is 2.71 bits per heavy atom. The van der Waals surface area contributed by atoms with Gasteiger partial charge in [0, 0.05) is 43.9 Å². The van der Waals surface area contributed by atoms with Crippen molar-refractivity contribution >= 4 is 11.8 Å². The van der Waals surface area contributed by atoms with Gasteiger partial charge in [0.05, 0.1) is 19.2 Å². The van der Waals surface area contributed by atoms with E-state index in [0.29, 0.717) is 18.7 Å². The number of ether oxygens (including phenoxy) is 2. The molecule has 1 aliphatic heterocycles. The average molecular weight is 466 g/mol. The highest BCUT2D eigenvalue weighted by atomic mass is 16.5. The Labute approximate surface area is 200 Å². The van der Waals surface area contributed by atoms with Gasteiger partial charge in [-0.25, -0.2) is 4.98 Å². The van der Waals surface area contributed by atoms with Crippen LogP contribution in [0.5, 0.6) is 5.88 Å². The largest absolute Gasteiger partial charge is 0.472 e. The number of pyridine rings is 1. The van der Waals surface area contributed by atoms with Gasteiger partial charge >= 0.3 is 0 Å². The fraction of sp³-hybridized carbons (Fsp3) is 0.423. The number of nitrogens with zero attached hydrogens (tertiary/aromatic N) is 3. The summed E-state index contributed by atoms with van der Waals surface area (Å²) >= 11 is 0. The molecule has 1 N–H and O–H groups in total. The second kappa shape index (κ2) is 11.6. The minimum atomic E-state index is -0.417. The maximum Gasteiger partial charge on any atom is 0.259 e. The molecule has 0 radical (unpaired) electrons. The first-order valence-electron chi connectivity index (χ1n) is 11.2. The highest BCUT2D eigenvalue weighted by molar-refractivity contribution is 5.97. The zero-order chi connectivity index (χ0) is 24.7. The lowest BCUT2D eigenvalue weighted by molar-refractivity contribution is -0.135. The summed E-state index contributed by atoms with van der Waals surface area (Å²) in [6.07, 6.45) is 1.16. The van der Waals surface area contributed by atoms with Crippen molar-refractivity contribution in [2.45, 2.75) is 26.0 Å². The molecule has 1 aromatic carbocycles. The molecule has 0 unspecified atom stereocenters. The molecule has 8 nitrogen and oxygen atoms in total. The van der Waals surface area contributed by atoms with Crippen molar-refractivity contribution in [1.29, 1.82) is 0 Å². The maximum absolute atomic E-state index is 13.4. The fourth-order valence-corrected chi connectivity index (χ4v) is 3.66. The molecule has 2 heterocycles. The van der Waals surface area contributed by atoms with Crippen LogP contribution in [0.25, 0.3) is 0 Å². The van der Waals surface area contributed by atoms with Crippen LogP contribution in [0, 0.1) is 17.8 Å². The first kappa shape index (κ1) is 25.2. The van der Waals surface area contributed by atoms with Gasteiger partial charge in [-0.1, -0.05) is 37.0 Å². The molecule has 34 heavy (non-hydrogen) atoms. The summed E-state index contributed by atoms with van der Waals surface area (Å²) in [5, 5.41) is 9.78. The summed E-state index contributed by atoms with van der Waals surface area (Å²) in [4.78, 5) is 33.3. The van der Waals surface area contributed by atoms with Gasteiger partial charge < -0.3 is 24.4 Å². The van der Waals surface area contributed by atoms with Crippen LogP contribution in [0.1, 0.15) is 35.3 Å². The van der Waals surface area contributed by atoms with Crippen molar-refractivity contribution < 1.29 is 24.2 Å². The summed E-state index contributed by atoms with van der Waals surface area (Å²) in [7, 11) is 3.16. The standard InChI is InChI=1S/C26H31N3O5/c1-18-14-29(19(2)16-30)26(32)22-12-21(11-10-20-8-6-5-7-9-20)13-27-25(22)34-23(18)15-28(3)24(31)17-33-4/h5-9,12-13,18-19,23,30H,14-17H2,1-4H3/t18-,19-,23+/m1/s1. The Kier molecular flexibility index (Phi) is 8.63. The summed E-state index contributed by atoms with van der Waals surface area (Å²) in [6, 6.07) is 10.8. The molecule has 8 heteroatoms. The predicted molar refractivity (Wildman–Crippen MR) is 127 cm³/mol. The van der Waals surface area contributed by atoms with Gasteiger partial charge in [-0.2, -0.15) is 0 Å². The van der Waals surface area contributed by atoms with E-state index in [0.717, 1.165) is 5.56 Å². The third kappa shape index (κ3) is 6.13. The van der Waals surface area contributed by atoms with Gasteiger partial charge in [0.1, 0.15) is 18.3 Å². The molecule has 2 aromatic rings. The lowest BCUT2D eigenvalue weighted by atomic mass is 10.00. The van der Waals surface area contributed by atoms with E-state index in [1.165, 1.54) is 7.11 Å². The first-order valence-corrected chi connectivity index (χ1v) is 11.2. The lowest BCUT2D eigenvalue weighted by Crippen LogP contribution is -2.50. The Morgan fingerprint density at radius 1 is 1.32 bits per heavy atom. The number of carbonyl (C=O) groups is 2. The van der Waals surface area contributed by atoms with Crippen LogP contribution in [0.3, 0.4) is 0 Å². The second-order valence-electron chi connectivity index (χ2n) is 8.52. The number of amides is 2. The van der Waals surface area contributed by atoms with Crippen LogP contribution in [0.2, 0.25) is 0 Å². The molecule has 180 valence electrons. The predicted octanol–water partition coefficient (Wildman–Crippen LogP) is 1.81. The van der Waals surface area contributed by atoms with E-state index in [9.17, 15) is 14.7 Å². The smallest absolute Gasteiger partial charge is 0.259 e. The van der Waals surface area contributed by atoms with Crippen LogP contribution in [0.15, 0.2) is 42.6 Å². The van der Waals surface area contributed by atoms with Crippen molar-refractivity contribution in [3.63, 3.8) is 0 Å². The fourth-order valence-electron chi connectivity index (χ4n) is 3.66. The molecule has 0 bridgehead atoms. The van der Waals surface area contributed by atoms with Crippen molar-refractivity contribution in [2.24, 2.45) is 5.92 Å². The molecule has 1 aliphatic rings. The minimum absolute atomic E-state index is 0.0258. The number of hydrogen-bond donors (Lipinski definition) is 1. The van der Waals surface area contributed by atoms with Crippen molar-refractivity contribution in [3.05, 3.63) is 59.3 Å². The van der Waals surface area contributed by atoms with Gasteiger partial charge in [0.2, 0.25) is 11.8 Å². The number of aromatic nitrogens is 1. The Hall–Kier alpha value is -3.41. The lowest BCUT2D eigenvalue weighted by Gasteiger charge is -2.37. The summed E-state index contributed by atoms with van der Waals surface area (Å²) in [6.45, 7) is 4.21. The van der Waals surface area contributed by atoms with Gasteiger partial charge in [-0.15, -0.1) is 0 Å². The normalized spacial score (nSPS) is 18.5. The number of rotatable bonds is 6. The van der Waals surface area contributed by atoms with Gasteiger partial charge in [0.25, 0.3) is 5.91 Å². The Morgan fingerprint density at radius 2 is 2.03 bits per heavy atom. The van der Waals surface area contributed by atoms with E-state index in [-0.39, 0.29) is 42.4 Å².